The fourth-order valence-corrected chi connectivity index (χ4v) is 2.64. The standard InChI is InChI=1S/C18H33F3O2/c1-3-5-7-9-10-12-14-16(13-11-8-6-4-2)17(22)23-15-18(19,20)21/h16H,3-15H2,1-2H3. The molecule has 0 aliphatic carbocycles. The maximum absolute atomic E-state index is 12.2. The molecule has 0 spiro atoms. The van der Waals surface area contributed by atoms with Crippen molar-refractivity contribution in [2.24, 2.45) is 5.92 Å². The van der Waals surface area contributed by atoms with Crippen LogP contribution in [0.3, 0.4) is 0 Å². The van der Waals surface area contributed by atoms with Crippen LogP contribution in [-0.2, 0) is 9.53 Å². The Kier molecular flexibility index (Phi) is 13.2. The molecule has 5 heteroatoms. The van der Waals surface area contributed by atoms with E-state index in [1.165, 1.54) is 19.3 Å². The first-order valence-corrected chi connectivity index (χ1v) is 9.14. The third-order valence-electron chi connectivity index (χ3n) is 4.02. The van der Waals surface area contributed by atoms with Gasteiger partial charge in [-0.1, -0.05) is 78.1 Å². The molecule has 2 nitrogen and oxygen atoms in total. The maximum atomic E-state index is 12.2. The summed E-state index contributed by atoms with van der Waals surface area (Å²) in [7, 11) is 0. The fourth-order valence-electron chi connectivity index (χ4n) is 2.64. The van der Waals surface area contributed by atoms with Gasteiger partial charge in [-0.25, -0.2) is 0 Å². The van der Waals surface area contributed by atoms with Gasteiger partial charge in [-0.2, -0.15) is 13.2 Å². The summed E-state index contributed by atoms with van der Waals surface area (Å²) in [5.41, 5.74) is 0. The molecule has 0 amide bonds. The minimum Gasteiger partial charge on any atom is -0.456 e. The highest BCUT2D eigenvalue weighted by atomic mass is 19.4. The molecular weight excluding hydrogens is 305 g/mol. The molecule has 0 fully saturated rings. The van der Waals surface area contributed by atoms with Gasteiger partial charge in [-0.05, 0) is 12.8 Å². The average Bonchev–Trinajstić information content (AvgIpc) is 2.49. The van der Waals surface area contributed by atoms with Gasteiger partial charge < -0.3 is 4.74 Å². The van der Waals surface area contributed by atoms with Crippen molar-refractivity contribution in [2.75, 3.05) is 6.61 Å². The second-order valence-electron chi connectivity index (χ2n) is 6.33. The lowest BCUT2D eigenvalue weighted by Gasteiger charge is -2.17. The summed E-state index contributed by atoms with van der Waals surface area (Å²) in [6.07, 6.45) is 7.61. The summed E-state index contributed by atoms with van der Waals surface area (Å²) in [6, 6.07) is 0. The van der Waals surface area contributed by atoms with E-state index in [4.69, 9.17) is 0 Å². The van der Waals surface area contributed by atoms with Gasteiger partial charge in [-0.15, -0.1) is 0 Å². The zero-order valence-corrected chi connectivity index (χ0v) is 14.7. The van der Waals surface area contributed by atoms with Gasteiger partial charge in [0.25, 0.3) is 0 Å². The Morgan fingerprint density at radius 2 is 1.26 bits per heavy atom. The van der Waals surface area contributed by atoms with Gasteiger partial charge in [0.2, 0.25) is 0 Å². The van der Waals surface area contributed by atoms with E-state index < -0.39 is 18.8 Å². The topological polar surface area (TPSA) is 26.3 Å². The van der Waals surface area contributed by atoms with E-state index in [1.807, 2.05) is 0 Å². The lowest BCUT2D eigenvalue weighted by atomic mass is 9.94. The zero-order valence-electron chi connectivity index (χ0n) is 14.7. The quantitative estimate of drug-likeness (QED) is 0.269. The van der Waals surface area contributed by atoms with E-state index in [2.05, 4.69) is 18.6 Å². The Morgan fingerprint density at radius 1 is 0.826 bits per heavy atom. The summed E-state index contributed by atoms with van der Waals surface area (Å²) in [4.78, 5) is 11.9. The predicted molar refractivity (Wildman–Crippen MR) is 87.3 cm³/mol. The smallest absolute Gasteiger partial charge is 0.422 e. The van der Waals surface area contributed by atoms with Crippen LogP contribution in [0.5, 0.6) is 0 Å². The highest BCUT2D eigenvalue weighted by Crippen LogP contribution is 2.22. The SMILES string of the molecule is CCCCCCCCC(CCCCCC)C(=O)OCC(F)(F)F. The Morgan fingerprint density at radius 3 is 1.74 bits per heavy atom. The highest BCUT2D eigenvalue weighted by molar-refractivity contribution is 5.72. The Bertz CT molecular complexity index is 290. The summed E-state index contributed by atoms with van der Waals surface area (Å²) in [5, 5.41) is 0. The first-order valence-electron chi connectivity index (χ1n) is 9.14. The zero-order chi connectivity index (χ0) is 17.6. The molecule has 1 atom stereocenters. The van der Waals surface area contributed by atoms with Crippen molar-refractivity contribution in [1.82, 2.24) is 0 Å². The van der Waals surface area contributed by atoms with Crippen LogP contribution in [0.4, 0.5) is 13.2 Å². The largest absolute Gasteiger partial charge is 0.456 e. The van der Waals surface area contributed by atoms with Crippen molar-refractivity contribution in [3.05, 3.63) is 0 Å². The number of esters is 1. The van der Waals surface area contributed by atoms with E-state index >= 15 is 0 Å². The van der Waals surface area contributed by atoms with Crippen LogP contribution in [0.25, 0.3) is 0 Å². The van der Waals surface area contributed by atoms with Crippen molar-refractivity contribution in [3.8, 4) is 0 Å². The first kappa shape index (κ1) is 22.3. The molecule has 0 saturated heterocycles. The number of carbonyl (C=O) groups is 1. The molecule has 0 aromatic carbocycles. The van der Waals surface area contributed by atoms with Crippen LogP contribution < -0.4 is 0 Å². The minimum atomic E-state index is -4.44. The molecule has 0 N–H and O–H groups in total. The van der Waals surface area contributed by atoms with Gasteiger partial charge in [0.05, 0.1) is 5.92 Å². The van der Waals surface area contributed by atoms with E-state index in [0.29, 0.717) is 12.8 Å². The fraction of sp³-hybridized carbons (Fsp3) is 0.944. The van der Waals surface area contributed by atoms with E-state index in [1.54, 1.807) is 0 Å². The van der Waals surface area contributed by atoms with Crippen LogP contribution in [0, 0.1) is 5.92 Å². The normalized spacial score (nSPS) is 13.1. The van der Waals surface area contributed by atoms with Crippen molar-refractivity contribution in [3.63, 3.8) is 0 Å². The molecule has 0 radical (unpaired) electrons. The molecule has 0 rings (SSSR count). The van der Waals surface area contributed by atoms with Crippen LogP contribution in [0.15, 0.2) is 0 Å². The maximum Gasteiger partial charge on any atom is 0.422 e. The number of carbonyl (C=O) groups excluding carboxylic acids is 1. The predicted octanol–water partition coefficient (Wildman–Crippen LogP) is 6.43. The minimum absolute atomic E-state index is 0.375. The molecule has 0 aliphatic rings. The number of hydrogen-bond donors (Lipinski definition) is 0. The molecular formula is C18H33F3O2. The molecule has 0 aliphatic heterocycles. The highest BCUT2D eigenvalue weighted by Gasteiger charge is 2.31. The number of unbranched alkanes of at least 4 members (excludes halogenated alkanes) is 8. The van der Waals surface area contributed by atoms with Gasteiger partial charge in [0, 0.05) is 0 Å². The van der Waals surface area contributed by atoms with Crippen molar-refractivity contribution in [2.45, 2.75) is 97.1 Å². The third kappa shape index (κ3) is 14.6. The summed E-state index contributed by atoms with van der Waals surface area (Å²) in [6.45, 7) is 2.79. The number of ether oxygens (including phenoxy) is 1. The Hall–Kier alpha value is -0.740. The van der Waals surface area contributed by atoms with Crippen LogP contribution in [-0.4, -0.2) is 18.8 Å². The summed E-state index contributed by atoms with van der Waals surface area (Å²) in [5.74, 6) is -1.05. The van der Waals surface area contributed by atoms with Gasteiger partial charge in [0.1, 0.15) is 0 Å². The second kappa shape index (κ2) is 13.7. The number of halogens is 3. The van der Waals surface area contributed by atoms with Crippen LogP contribution in [0.2, 0.25) is 0 Å². The van der Waals surface area contributed by atoms with Crippen LogP contribution in [0.1, 0.15) is 90.9 Å². The number of rotatable bonds is 14. The molecule has 138 valence electrons. The van der Waals surface area contributed by atoms with Crippen molar-refractivity contribution in [1.29, 1.82) is 0 Å². The molecule has 0 aromatic heterocycles. The summed E-state index contributed by atoms with van der Waals surface area (Å²) >= 11 is 0. The van der Waals surface area contributed by atoms with E-state index in [-0.39, 0.29) is 5.92 Å². The second-order valence-corrected chi connectivity index (χ2v) is 6.33. The average molecular weight is 338 g/mol. The molecule has 0 aromatic rings. The molecule has 0 heterocycles. The van der Waals surface area contributed by atoms with Crippen molar-refractivity contribution >= 4 is 5.97 Å². The first-order chi connectivity index (χ1) is 10.9. The summed E-state index contributed by atoms with van der Waals surface area (Å²) < 4.78 is 41.0. The molecule has 0 saturated carbocycles. The van der Waals surface area contributed by atoms with Gasteiger partial charge in [0.15, 0.2) is 6.61 Å². The van der Waals surface area contributed by atoms with E-state index in [9.17, 15) is 18.0 Å². The van der Waals surface area contributed by atoms with Gasteiger partial charge >= 0.3 is 12.1 Å². The molecule has 23 heavy (non-hydrogen) atoms. The van der Waals surface area contributed by atoms with Crippen LogP contribution >= 0.6 is 0 Å². The Labute approximate surface area is 139 Å². The van der Waals surface area contributed by atoms with Gasteiger partial charge in [-0.3, -0.25) is 4.79 Å². The monoisotopic (exact) mass is 338 g/mol. The number of alkyl halides is 3. The van der Waals surface area contributed by atoms with E-state index in [0.717, 1.165) is 44.9 Å². The molecule has 1 unspecified atom stereocenters. The van der Waals surface area contributed by atoms with Crippen molar-refractivity contribution < 1.29 is 22.7 Å². The Balaban J connectivity index is 4.13. The molecule has 0 bridgehead atoms. The third-order valence-corrected chi connectivity index (χ3v) is 4.02. The number of hydrogen-bond acceptors (Lipinski definition) is 2. The lowest BCUT2D eigenvalue weighted by Crippen LogP contribution is -2.25. The lowest BCUT2D eigenvalue weighted by molar-refractivity contribution is -0.189.